The molecule has 2 N–H and O–H groups in total. The van der Waals surface area contributed by atoms with Gasteiger partial charge in [0.15, 0.2) is 0 Å². The first-order valence-electron chi connectivity index (χ1n) is 7.73. The first-order chi connectivity index (χ1) is 10.1. The molecule has 1 aliphatic rings. The van der Waals surface area contributed by atoms with Crippen LogP contribution in [0, 0.1) is 5.82 Å². The van der Waals surface area contributed by atoms with Crippen molar-refractivity contribution in [1.29, 1.82) is 0 Å². The van der Waals surface area contributed by atoms with E-state index in [9.17, 15) is 4.39 Å². The number of likely N-dealkylation sites (tertiary alicyclic amines) is 1. The molecule has 0 amide bonds. The van der Waals surface area contributed by atoms with Crippen molar-refractivity contribution < 1.29 is 4.39 Å². The van der Waals surface area contributed by atoms with Gasteiger partial charge in [0, 0.05) is 31.7 Å². The molecule has 0 bridgehead atoms. The van der Waals surface area contributed by atoms with Gasteiger partial charge in [0.25, 0.3) is 0 Å². The normalized spacial score (nSPS) is 21.1. The molecule has 3 nitrogen and oxygen atoms in total. The third-order valence-electron chi connectivity index (χ3n) is 4.52. The van der Waals surface area contributed by atoms with E-state index in [1.807, 2.05) is 0 Å². The van der Waals surface area contributed by atoms with Gasteiger partial charge in [0.2, 0.25) is 0 Å². The molecule has 1 saturated heterocycles. The summed E-state index contributed by atoms with van der Waals surface area (Å²) in [5.74, 6) is -0.376. The highest BCUT2D eigenvalue weighted by Crippen LogP contribution is 2.28. The van der Waals surface area contributed by atoms with E-state index in [4.69, 9.17) is 17.3 Å². The summed E-state index contributed by atoms with van der Waals surface area (Å²) in [6.45, 7) is 9.11. The van der Waals surface area contributed by atoms with Crippen LogP contribution in [-0.4, -0.2) is 48.6 Å². The van der Waals surface area contributed by atoms with Crippen LogP contribution in [0.15, 0.2) is 18.2 Å². The van der Waals surface area contributed by atoms with Crippen molar-refractivity contribution in [2.45, 2.75) is 32.4 Å². The van der Waals surface area contributed by atoms with E-state index in [-0.39, 0.29) is 16.9 Å². The van der Waals surface area contributed by atoms with Gasteiger partial charge in [-0.2, -0.15) is 0 Å². The maximum atomic E-state index is 13.3. The zero-order valence-electron chi connectivity index (χ0n) is 12.9. The second-order valence-corrected chi connectivity index (χ2v) is 5.99. The first-order valence-corrected chi connectivity index (χ1v) is 8.11. The highest BCUT2D eigenvalue weighted by molar-refractivity contribution is 6.30. The summed E-state index contributed by atoms with van der Waals surface area (Å²) in [6, 6.07) is 5.63. The largest absolute Gasteiger partial charge is 0.329 e. The first kappa shape index (κ1) is 16.7. The van der Waals surface area contributed by atoms with Crippen molar-refractivity contribution in [3.8, 4) is 0 Å². The average molecular weight is 314 g/mol. The Labute approximate surface area is 131 Å². The van der Waals surface area contributed by atoms with Crippen LogP contribution < -0.4 is 5.73 Å². The third kappa shape index (κ3) is 3.75. The number of halogens is 2. The Morgan fingerprint density at radius 3 is 2.71 bits per heavy atom. The molecule has 2 rings (SSSR count). The number of hydrogen-bond donors (Lipinski definition) is 1. The van der Waals surface area contributed by atoms with Crippen LogP contribution in [0.25, 0.3) is 0 Å². The lowest BCUT2D eigenvalue weighted by Gasteiger charge is -2.30. The lowest BCUT2D eigenvalue weighted by Crippen LogP contribution is -2.39. The van der Waals surface area contributed by atoms with E-state index >= 15 is 0 Å². The van der Waals surface area contributed by atoms with Crippen LogP contribution in [-0.2, 0) is 0 Å². The molecule has 21 heavy (non-hydrogen) atoms. The summed E-state index contributed by atoms with van der Waals surface area (Å²) in [6.07, 6.45) is 1.16. The van der Waals surface area contributed by atoms with Crippen molar-refractivity contribution in [3.05, 3.63) is 34.6 Å². The van der Waals surface area contributed by atoms with E-state index in [0.717, 1.165) is 38.2 Å². The number of hydrogen-bond acceptors (Lipinski definition) is 3. The van der Waals surface area contributed by atoms with Gasteiger partial charge in [-0.1, -0.05) is 31.5 Å². The minimum absolute atomic E-state index is 0.115. The summed E-state index contributed by atoms with van der Waals surface area (Å²) in [7, 11) is 0. The van der Waals surface area contributed by atoms with Gasteiger partial charge in [-0.25, -0.2) is 4.39 Å². The van der Waals surface area contributed by atoms with E-state index in [1.54, 1.807) is 12.1 Å². The van der Waals surface area contributed by atoms with Gasteiger partial charge in [-0.15, -0.1) is 0 Å². The van der Waals surface area contributed by atoms with Crippen molar-refractivity contribution in [2.24, 2.45) is 5.73 Å². The Kier molecular flexibility index (Phi) is 5.99. The van der Waals surface area contributed by atoms with Gasteiger partial charge in [0.1, 0.15) is 5.82 Å². The molecule has 2 atom stereocenters. The highest BCUT2D eigenvalue weighted by Gasteiger charge is 2.31. The van der Waals surface area contributed by atoms with E-state index in [0.29, 0.717) is 12.6 Å². The van der Waals surface area contributed by atoms with Crippen LogP contribution >= 0.6 is 11.6 Å². The molecular weight excluding hydrogens is 289 g/mol. The number of rotatable bonds is 6. The van der Waals surface area contributed by atoms with Crippen LogP contribution in [0.5, 0.6) is 0 Å². The van der Waals surface area contributed by atoms with Gasteiger partial charge in [-0.3, -0.25) is 9.80 Å². The Morgan fingerprint density at radius 2 is 2.14 bits per heavy atom. The van der Waals surface area contributed by atoms with Crippen molar-refractivity contribution >= 4 is 11.6 Å². The Balaban J connectivity index is 2.10. The topological polar surface area (TPSA) is 32.5 Å². The molecule has 0 aliphatic carbocycles. The van der Waals surface area contributed by atoms with Gasteiger partial charge in [0.05, 0.1) is 5.02 Å². The van der Waals surface area contributed by atoms with Gasteiger partial charge in [-0.05, 0) is 37.2 Å². The molecule has 1 aromatic carbocycles. The third-order valence-corrected chi connectivity index (χ3v) is 4.81. The summed E-state index contributed by atoms with van der Waals surface area (Å²) in [4.78, 5) is 4.89. The monoisotopic (exact) mass is 313 g/mol. The number of benzene rings is 1. The quantitative estimate of drug-likeness (QED) is 0.876. The predicted molar refractivity (Wildman–Crippen MR) is 86.1 cm³/mol. The van der Waals surface area contributed by atoms with E-state index in [2.05, 4.69) is 23.6 Å². The fourth-order valence-electron chi connectivity index (χ4n) is 3.30. The second-order valence-electron chi connectivity index (χ2n) is 5.58. The molecule has 118 valence electrons. The number of nitrogens with two attached hydrogens (primary N) is 1. The van der Waals surface area contributed by atoms with Crippen LogP contribution in [0.1, 0.15) is 31.9 Å². The van der Waals surface area contributed by atoms with Crippen LogP contribution in [0.3, 0.4) is 0 Å². The smallest absolute Gasteiger partial charge is 0.141 e. The molecule has 0 saturated carbocycles. The van der Waals surface area contributed by atoms with Crippen LogP contribution in [0.4, 0.5) is 4.39 Å². The molecule has 1 aromatic rings. The second kappa shape index (κ2) is 7.54. The summed E-state index contributed by atoms with van der Waals surface area (Å²) < 4.78 is 13.3. The molecule has 5 heteroatoms. The summed E-state index contributed by atoms with van der Waals surface area (Å²) in [5.41, 5.74) is 6.97. The van der Waals surface area contributed by atoms with Crippen molar-refractivity contribution in [1.82, 2.24) is 9.80 Å². The predicted octanol–water partition coefficient (Wildman–Crippen LogP) is 2.90. The lowest BCUT2D eigenvalue weighted by atomic mass is 10.1. The Hall–Kier alpha value is -0.680. The molecule has 0 radical (unpaired) electrons. The summed E-state index contributed by atoms with van der Waals surface area (Å²) >= 11 is 5.90. The summed E-state index contributed by atoms with van der Waals surface area (Å²) in [5, 5.41) is 0.172. The Bertz CT molecular complexity index is 465. The molecule has 1 aliphatic heterocycles. The molecule has 1 fully saturated rings. The molecule has 0 aromatic heterocycles. The maximum absolute atomic E-state index is 13.3. The Morgan fingerprint density at radius 1 is 1.43 bits per heavy atom. The maximum Gasteiger partial charge on any atom is 0.141 e. The van der Waals surface area contributed by atoms with E-state index in [1.165, 1.54) is 6.07 Å². The number of likely N-dealkylation sites (N-methyl/N-ethyl adjacent to an activating group) is 1. The molecule has 2 unspecified atom stereocenters. The minimum atomic E-state index is -0.376. The zero-order valence-corrected chi connectivity index (χ0v) is 13.6. The molecule has 1 heterocycles. The fraction of sp³-hybridized carbons (Fsp3) is 0.625. The van der Waals surface area contributed by atoms with Crippen molar-refractivity contribution in [3.63, 3.8) is 0 Å². The fourth-order valence-corrected chi connectivity index (χ4v) is 3.49. The van der Waals surface area contributed by atoms with E-state index < -0.39 is 0 Å². The van der Waals surface area contributed by atoms with Gasteiger partial charge >= 0.3 is 0 Å². The standard InChI is InChI=1S/C16H25ClFN3/c1-3-20(4-2)13-7-8-21(11-13)16(10-19)12-5-6-15(18)14(17)9-12/h5-6,9,13,16H,3-4,7-8,10-11,19H2,1-2H3. The minimum Gasteiger partial charge on any atom is -0.329 e. The number of nitrogens with zero attached hydrogens (tertiary/aromatic N) is 2. The highest BCUT2D eigenvalue weighted by atomic mass is 35.5. The SMILES string of the molecule is CCN(CC)C1CCN(C(CN)c2ccc(F)c(Cl)c2)C1. The van der Waals surface area contributed by atoms with Crippen molar-refractivity contribution in [2.75, 3.05) is 32.7 Å². The molecule has 0 spiro atoms. The van der Waals surface area contributed by atoms with Crippen LogP contribution in [0.2, 0.25) is 5.02 Å². The average Bonchev–Trinajstić information content (AvgIpc) is 2.94. The molecular formula is C16H25ClFN3. The zero-order chi connectivity index (χ0) is 15.4. The van der Waals surface area contributed by atoms with Gasteiger partial charge < -0.3 is 5.73 Å². The lowest BCUT2D eigenvalue weighted by molar-refractivity contribution is 0.189.